The van der Waals surface area contributed by atoms with Crippen LogP contribution in [0.1, 0.15) is 54.0 Å². The van der Waals surface area contributed by atoms with Crippen LogP contribution < -0.4 is 10.5 Å². The molecule has 0 spiro atoms. The second kappa shape index (κ2) is 15.6. The summed E-state index contributed by atoms with van der Waals surface area (Å²) in [7, 11) is 0. The third kappa shape index (κ3) is 10.5. The molecule has 3 nitrogen and oxygen atoms in total. The Hall–Kier alpha value is -1.42. The summed E-state index contributed by atoms with van der Waals surface area (Å²) < 4.78 is 17.8. The van der Waals surface area contributed by atoms with Crippen molar-refractivity contribution in [1.29, 1.82) is 0 Å². The average molecular weight is 287 g/mol. The van der Waals surface area contributed by atoms with E-state index in [1.165, 1.54) is 13.0 Å². The Morgan fingerprint density at radius 2 is 1.60 bits per heavy atom. The topological polar surface area (TPSA) is 52.3 Å². The molecule has 4 heteroatoms. The molecule has 0 aromatic heterocycles. The van der Waals surface area contributed by atoms with Gasteiger partial charge in [0.2, 0.25) is 0 Å². The molecule has 0 saturated carbocycles. The number of halogens is 1. The van der Waals surface area contributed by atoms with Gasteiger partial charge >= 0.3 is 5.97 Å². The van der Waals surface area contributed by atoms with Crippen LogP contribution in [0, 0.1) is 12.7 Å². The number of rotatable bonds is 2. The number of hydrogen-bond acceptors (Lipinski definition) is 3. The van der Waals surface area contributed by atoms with E-state index in [1.54, 1.807) is 13.0 Å². The van der Waals surface area contributed by atoms with Crippen LogP contribution in [0.15, 0.2) is 18.2 Å². The van der Waals surface area contributed by atoms with Gasteiger partial charge in [-0.3, -0.25) is 0 Å². The molecule has 0 fully saturated rings. The molecule has 1 unspecified atom stereocenters. The highest BCUT2D eigenvalue weighted by atomic mass is 19.1. The zero-order chi connectivity index (χ0) is 16.7. The van der Waals surface area contributed by atoms with Crippen molar-refractivity contribution in [2.24, 2.45) is 5.73 Å². The minimum Gasteiger partial charge on any atom is -0.425 e. The maximum absolute atomic E-state index is 13.0. The molecular weight excluding hydrogens is 257 g/mol. The smallest absolute Gasteiger partial charge is 0.328 e. The lowest BCUT2D eigenvalue weighted by Gasteiger charge is -2.06. The Labute approximate surface area is 123 Å². The van der Waals surface area contributed by atoms with Crippen molar-refractivity contribution in [3.05, 3.63) is 29.6 Å². The SMILES string of the molecule is CC.CC.CC.Cc1ccc(OC(=O)C(C)N)cc1F. The molecule has 0 aliphatic heterocycles. The van der Waals surface area contributed by atoms with Gasteiger partial charge in [0.25, 0.3) is 0 Å². The first-order valence-corrected chi connectivity index (χ1v) is 7.24. The molecule has 1 aromatic rings. The van der Waals surface area contributed by atoms with E-state index in [0.717, 1.165) is 6.07 Å². The van der Waals surface area contributed by atoms with Crippen molar-refractivity contribution < 1.29 is 13.9 Å². The van der Waals surface area contributed by atoms with Crippen molar-refractivity contribution in [1.82, 2.24) is 0 Å². The van der Waals surface area contributed by atoms with Gasteiger partial charge in [-0.15, -0.1) is 0 Å². The molecule has 118 valence electrons. The Morgan fingerprint density at radius 3 is 1.95 bits per heavy atom. The van der Waals surface area contributed by atoms with E-state index in [-0.39, 0.29) is 5.75 Å². The molecule has 1 aromatic carbocycles. The lowest BCUT2D eigenvalue weighted by atomic mass is 10.2. The summed E-state index contributed by atoms with van der Waals surface area (Å²) in [5, 5.41) is 0. The van der Waals surface area contributed by atoms with Gasteiger partial charge in [-0.2, -0.15) is 0 Å². The molecule has 0 saturated heterocycles. The predicted molar refractivity (Wildman–Crippen MR) is 84.5 cm³/mol. The van der Waals surface area contributed by atoms with E-state index < -0.39 is 17.8 Å². The van der Waals surface area contributed by atoms with Gasteiger partial charge < -0.3 is 10.5 Å². The van der Waals surface area contributed by atoms with Gasteiger partial charge in [0.1, 0.15) is 17.6 Å². The number of benzene rings is 1. The van der Waals surface area contributed by atoms with E-state index in [2.05, 4.69) is 0 Å². The first-order valence-electron chi connectivity index (χ1n) is 7.24. The molecule has 0 aliphatic rings. The molecule has 1 rings (SSSR count). The van der Waals surface area contributed by atoms with Crippen LogP contribution in [0.2, 0.25) is 0 Å². The summed E-state index contributed by atoms with van der Waals surface area (Å²) in [6.07, 6.45) is 0. The van der Waals surface area contributed by atoms with Crippen LogP contribution in [0.25, 0.3) is 0 Å². The first kappa shape index (κ1) is 23.7. The maximum atomic E-state index is 13.0. The summed E-state index contributed by atoms with van der Waals surface area (Å²) in [5.74, 6) is -0.802. The van der Waals surface area contributed by atoms with E-state index in [0.29, 0.717) is 5.56 Å². The van der Waals surface area contributed by atoms with Crippen LogP contribution in [0.3, 0.4) is 0 Å². The molecule has 0 bridgehead atoms. The number of nitrogens with two attached hydrogens (primary N) is 1. The van der Waals surface area contributed by atoms with Crippen molar-refractivity contribution in [3.8, 4) is 5.75 Å². The van der Waals surface area contributed by atoms with Crippen molar-refractivity contribution in [2.75, 3.05) is 0 Å². The largest absolute Gasteiger partial charge is 0.425 e. The number of ether oxygens (including phenoxy) is 1. The normalized spacial score (nSPS) is 9.50. The Bertz CT molecular complexity index is 352. The van der Waals surface area contributed by atoms with Gasteiger partial charge in [-0.05, 0) is 25.5 Å². The van der Waals surface area contributed by atoms with Gasteiger partial charge in [0, 0.05) is 6.07 Å². The Kier molecular flexibility index (Phi) is 18.5. The first-order chi connectivity index (χ1) is 9.50. The number of carbonyl (C=O) groups is 1. The molecule has 0 aliphatic carbocycles. The number of aryl methyl sites for hydroxylation is 1. The Balaban J connectivity index is -0.000000425. The summed E-state index contributed by atoms with van der Waals surface area (Å²) in [6, 6.07) is 3.52. The fourth-order valence-corrected chi connectivity index (χ4v) is 0.846. The van der Waals surface area contributed by atoms with Gasteiger partial charge in [-0.1, -0.05) is 47.6 Å². The monoisotopic (exact) mass is 287 g/mol. The van der Waals surface area contributed by atoms with Crippen molar-refractivity contribution in [2.45, 2.75) is 61.4 Å². The molecule has 2 N–H and O–H groups in total. The van der Waals surface area contributed by atoms with E-state index in [9.17, 15) is 9.18 Å². The van der Waals surface area contributed by atoms with Crippen LogP contribution in [-0.2, 0) is 4.79 Å². The van der Waals surface area contributed by atoms with Gasteiger partial charge in [0.15, 0.2) is 0 Å². The molecular formula is C16H30FNO2. The highest BCUT2D eigenvalue weighted by Gasteiger charge is 2.10. The zero-order valence-corrected chi connectivity index (χ0v) is 14.1. The molecule has 0 radical (unpaired) electrons. The fraction of sp³-hybridized carbons (Fsp3) is 0.562. The summed E-state index contributed by atoms with van der Waals surface area (Å²) >= 11 is 0. The molecule has 1 atom stereocenters. The molecule has 0 amide bonds. The third-order valence-electron chi connectivity index (χ3n) is 1.73. The molecule has 0 heterocycles. The maximum Gasteiger partial charge on any atom is 0.328 e. The predicted octanol–water partition coefficient (Wildman–Crippen LogP) is 4.47. The standard InChI is InChI=1S/C10H12FNO2.3C2H6/c1-6-3-4-8(5-9(6)11)14-10(13)7(2)12;3*1-2/h3-5,7H,12H2,1-2H3;3*1-2H3. The Morgan fingerprint density at radius 1 is 1.15 bits per heavy atom. The lowest BCUT2D eigenvalue weighted by molar-refractivity contribution is -0.135. The van der Waals surface area contributed by atoms with Crippen LogP contribution >= 0.6 is 0 Å². The highest BCUT2D eigenvalue weighted by Crippen LogP contribution is 2.16. The van der Waals surface area contributed by atoms with E-state index in [4.69, 9.17) is 10.5 Å². The zero-order valence-electron chi connectivity index (χ0n) is 14.1. The number of carbonyl (C=O) groups excluding carboxylic acids is 1. The van der Waals surface area contributed by atoms with Crippen molar-refractivity contribution in [3.63, 3.8) is 0 Å². The van der Waals surface area contributed by atoms with Crippen LogP contribution in [0.4, 0.5) is 4.39 Å². The number of hydrogen-bond donors (Lipinski definition) is 1. The van der Waals surface area contributed by atoms with Crippen LogP contribution in [-0.4, -0.2) is 12.0 Å². The fourth-order valence-electron chi connectivity index (χ4n) is 0.846. The van der Waals surface area contributed by atoms with E-state index >= 15 is 0 Å². The number of esters is 1. The lowest BCUT2D eigenvalue weighted by Crippen LogP contribution is -2.30. The van der Waals surface area contributed by atoms with Crippen LogP contribution in [0.5, 0.6) is 5.75 Å². The second-order valence-corrected chi connectivity index (χ2v) is 3.12. The minimum absolute atomic E-state index is 0.176. The summed E-state index contributed by atoms with van der Waals surface area (Å²) in [5.41, 5.74) is 5.79. The summed E-state index contributed by atoms with van der Waals surface area (Å²) in [6.45, 7) is 15.1. The van der Waals surface area contributed by atoms with Gasteiger partial charge in [0.05, 0.1) is 0 Å². The third-order valence-corrected chi connectivity index (χ3v) is 1.73. The quantitative estimate of drug-likeness (QED) is 0.645. The summed E-state index contributed by atoms with van der Waals surface area (Å²) in [4.78, 5) is 11.0. The minimum atomic E-state index is -0.709. The van der Waals surface area contributed by atoms with Crippen molar-refractivity contribution >= 4 is 5.97 Å². The molecule has 20 heavy (non-hydrogen) atoms. The average Bonchev–Trinajstić information content (AvgIpc) is 2.49. The highest BCUT2D eigenvalue weighted by molar-refractivity contribution is 5.77. The second-order valence-electron chi connectivity index (χ2n) is 3.12. The van der Waals surface area contributed by atoms with Gasteiger partial charge in [-0.25, -0.2) is 9.18 Å². The van der Waals surface area contributed by atoms with E-state index in [1.807, 2.05) is 41.5 Å².